The Bertz CT molecular complexity index is 412. The first-order valence-corrected chi connectivity index (χ1v) is 8.44. The summed E-state index contributed by atoms with van der Waals surface area (Å²) in [7, 11) is -3.52. The van der Waals surface area contributed by atoms with Gasteiger partial charge in [0.15, 0.2) is 5.29 Å². The van der Waals surface area contributed by atoms with Crippen LogP contribution >= 0.6 is 7.34 Å². The van der Waals surface area contributed by atoms with Crippen molar-refractivity contribution < 1.29 is 32.9 Å². The lowest BCUT2D eigenvalue weighted by Crippen LogP contribution is -2.32. The molecule has 0 bridgehead atoms. The topological polar surface area (TPSA) is 88.1 Å². The van der Waals surface area contributed by atoms with E-state index in [0.29, 0.717) is 0 Å². The third kappa shape index (κ3) is 4.95. The molecule has 0 fully saturated rings. The van der Waals surface area contributed by atoms with Crippen molar-refractivity contribution in [2.45, 2.75) is 34.6 Å². The molecule has 7 nitrogen and oxygen atoms in total. The van der Waals surface area contributed by atoms with E-state index in [0.717, 1.165) is 0 Å². The quantitative estimate of drug-likeness (QED) is 0.363. The largest absolute Gasteiger partial charge is 0.462 e. The molecule has 0 aliphatic heterocycles. The first-order valence-electron chi connectivity index (χ1n) is 6.82. The van der Waals surface area contributed by atoms with Gasteiger partial charge in [0.05, 0.1) is 26.4 Å². The number of rotatable bonds is 9. The molecule has 0 aromatic heterocycles. The fraction of sp³-hybridized carbons (Fsp3) is 0.692. The minimum Gasteiger partial charge on any atom is -0.462 e. The molecule has 8 heteroatoms. The lowest BCUT2D eigenvalue weighted by molar-refractivity contribution is -0.140. The highest BCUT2D eigenvalue weighted by Gasteiger charge is 2.40. The van der Waals surface area contributed by atoms with E-state index in [1.165, 1.54) is 6.92 Å². The summed E-state index contributed by atoms with van der Waals surface area (Å²) in [6.45, 7) is 8.01. The van der Waals surface area contributed by atoms with Gasteiger partial charge in [0.2, 0.25) is 12.9 Å². The van der Waals surface area contributed by atoms with Crippen molar-refractivity contribution in [1.29, 1.82) is 0 Å². The van der Waals surface area contributed by atoms with E-state index in [2.05, 4.69) is 0 Å². The zero-order chi connectivity index (χ0) is 16.5. The van der Waals surface area contributed by atoms with E-state index in [1.54, 1.807) is 27.7 Å². The molecule has 21 heavy (non-hydrogen) atoms. The molecule has 0 saturated heterocycles. The van der Waals surface area contributed by atoms with Crippen LogP contribution in [0.4, 0.5) is 0 Å². The minimum absolute atomic E-state index is 0.0535. The van der Waals surface area contributed by atoms with Gasteiger partial charge in [-0.15, -0.1) is 0 Å². The summed E-state index contributed by atoms with van der Waals surface area (Å²) in [5.74, 6) is -1.89. The van der Waals surface area contributed by atoms with Crippen molar-refractivity contribution in [3.63, 3.8) is 0 Å². The van der Waals surface area contributed by atoms with Crippen LogP contribution in [0.3, 0.4) is 0 Å². The molecule has 122 valence electrons. The number of carbonyl (C=O) groups excluding carboxylic acids is 3. The first kappa shape index (κ1) is 19.8. The van der Waals surface area contributed by atoms with Crippen LogP contribution in [-0.2, 0) is 32.9 Å². The van der Waals surface area contributed by atoms with Gasteiger partial charge in [-0.3, -0.25) is 4.79 Å². The third-order valence-corrected chi connectivity index (χ3v) is 5.29. The molecule has 0 aromatic carbocycles. The van der Waals surface area contributed by atoms with Gasteiger partial charge in [-0.2, -0.15) is 0 Å². The molecular formula is C13H23O7P. The van der Waals surface area contributed by atoms with Crippen LogP contribution in [0, 0.1) is 0 Å². The van der Waals surface area contributed by atoms with Gasteiger partial charge < -0.3 is 18.5 Å². The molecule has 0 heterocycles. The highest BCUT2D eigenvalue weighted by Crippen LogP contribution is 2.52. The Morgan fingerprint density at radius 3 is 1.38 bits per heavy atom. The number of hydrogen-bond acceptors (Lipinski definition) is 7. The van der Waals surface area contributed by atoms with Crippen molar-refractivity contribution in [1.82, 2.24) is 0 Å². The second kappa shape index (κ2) is 9.71. The van der Waals surface area contributed by atoms with Crippen LogP contribution in [0.15, 0.2) is 0 Å². The molecule has 0 amide bonds. The van der Waals surface area contributed by atoms with Crippen LogP contribution in [0.1, 0.15) is 34.6 Å². The number of hydrogen-bond donors (Lipinski definition) is 0. The van der Waals surface area contributed by atoms with Gasteiger partial charge in [-0.1, -0.05) is 0 Å². The van der Waals surface area contributed by atoms with Crippen molar-refractivity contribution in [2.75, 3.05) is 26.4 Å². The Morgan fingerprint density at radius 2 is 1.14 bits per heavy atom. The summed E-state index contributed by atoms with van der Waals surface area (Å²) >= 11 is 0. The number of ether oxygens (including phenoxy) is 2. The molecule has 0 aliphatic carbocycles. The van der Waals surface area contributed by atoms with Crippen LogP contribution in [0.25, 0.3) is 0 Å². The average Bonchev–Trinajstić information content (AvgIpc) is 2.39. The second-order valence-corrected chi connectivity index (χ2v) is 6.39. The Balaban J connectivity index is 6.29. The van der Waals surface area contributed by atoms with E-state index in [1.807, 2.05) is 0 Å². The van der Waals surface area contributed by atoms with Crippen LogP contribution in [-0.4, -0.2) is 49.2 Å². The third-order valence-electron chi connectivity index (χ3n) is 2.27. The summed E-state index contributed by atoms with van der Waals surface area (Å²) in [5.41, 5.74) is -0.526. The lowest BCUT2D eigenvalue weighted by Gasteiger charge is -2.25. The molecule has 0 unspecified atom stereocenters. The fourth-order valence-electron chi connectivity index (χ4n) is 1.59. The molecule has 0 saturated carbocycles. The molecule has 0 atom stereocenters. The summed E-state index contributed by atoms with van der Waals surface area (Å²) in [5, 5.41) is -0.484. The predicted octanol–water partition coefficient (Wildman–Crippen LogP) is 1.75. The Hall–Kier alpha value is -1.17. The molecule has 0 aliphatic rings. The highest BCUT2D eigenvalue weighted by atomic mass is 31.2. The fourth-order valence-corrected chi connectivity index (χ4v) is 3.94. The standard InChI is InChI=1S/C13H23O7P/c1-6-17-12(15)11(13(16)18-7-2)21(10(5)14,19-8-3)20-9-4/h6-9H2,1-5H3. The zero-order valence-electron chi connectivity index (χ0n) is 13.1. The Labute approximate surface area is 125 Å². The minimum atomic E-state index is -3.52. The van der Waals surface area contributed by atoms with Gasteiger partial charge in [-0.05, 0) is 27.7 Å². The first-order chi connectivity index (χ1) is 9.91. The second-order valence-electron chi connectivity index (χ2n) is 3.70. The average molecular weight is 322 g/mol. The van der Waals surface area contributed by atoms with Crippen LogP contribution in [0.2, 0.25) is 0 Å². The molecule has 0 rings (SSSR count). The normalized spacial score (nSPS) is 10.9. The maximum absolute atomic E-state index is 12.1. The zero-order valence-corrected chi connectivity index (χ0v) is 14.0. The van der Waals surface area contributed by atoms with Gasteiger partial charge >= 0.3 is 11.9 Å². The van der Waals surface area contributed by atoms with Gasteiger partial charge in [-0.25, -0.2) is 9.59 Å². The summed E-state index contributed by atoms with van der Waals surface area (Å²) in [6.07, 6.45) is 0. The van der Waals surface area contributed by atoms with E-state index in [4.69, 9.17) is 18.5 Å². The van der Waals surface area contributed by atoms with Crippen LogP contribution < -0.4 is 0 Å². The molecular weight excluding hydrogens is 299 g/mol. The Kier molecular flexibility index (Phi) is 9.17. The van der Waals surface area contributed by atoms with Crippen molar-refractivity contribution in [3.05, 3.63) is 0 Å². The molecule has 0 radical (unpaired) electrons. The summed E-state index contributed by atoms with van der Waals surface area (Å²) < 4.78 is 20.6. The molecule has 0 aromatic rings. The van der Waals surface area contributed by atoms with Gasteiger partial charge in [0.1, 0.15) is 0 Å². The van der Waals surface area contributed by atoms with Crippen LogP contribution in [0.5, 0.6) is 0 Å². The van der Waals surface area contributed by atoms with E-state index in [9.17, 15) is 14.4 Å². The highest BCUT2D eigenvalue weighted by molar-refractivity contribution is 7.85. The maximum Gasteiger partial charge on any atom is 0.350 e. The SMILES string of the molecule is CCOC(=O)C(C(=O)OCC)=P(OCC)(OCC)C(C)=O. The van der Waals surface area contributed by atoms with E-state index in [-0.39, 0.29) is 26.4 Å². The monoisotopic (exact) mass is 322 g/mol. The number of esters is 2. The predicted molar refractivity (Wildman–Crippen MR) is 79.1 cm³/mol. The maximum atomic E-state index is 12.1. The van der Waals surface area contributed by atoms with E-state index >= 15 is 0 Å². The smallest absolute Gasteiger partial charge is 0.350 e. The summed E-state index contributed by atoms with van der Waals surface area (Å²) in [6, 6.07) is 0. The summed E-state index contributed by atoms with van der Waals surface area (Å²) in [4.78, 5) is 36.3. The Morgan fingerprint density at radius 1 is 0.762 bits per heavy atom. The van der Waals surface area contributed by atoms with Crippen molar-refractivity contribution in [2.24, 2.45) is 0 Å². The number of carbonyl (C=O) groups is 3. The molecule has 0 N–H and O–H groups in total. The molecule has 0 spiro atoms. The van der Waals surface area contributed by atoms with Gasteiger partial charge in [0.25, 0.3) is 0 Å². The lowest BCUT2D eigenvalue weighted by atomic mass is 10.4. The van der Waals surface area contributed by atoms with Crippen molar-refractivity contribution >= 4 is 30.1 Å². The van der Waals surface area contributed by atoms with E-state index < -0.39 is 30.1 Å². The van der Waals surface area contributed by atoms with Gasteiger partial charge in [0, 0.05) is 6.92 Å². The van der Waals surface area contributed by atoms with Crippen molar-refractivity contribution in [3.8, 4) is 0 Å².